The number of nitrogens with one attached hydrogen (secondary N) is 1. The van der Waals surface area contributed by atoms with Gasteiger partial charge in [0.25, 0.3) is 5.91 Å². The van der Waals surface area contributed by atoms with Gasteiger partial charge in [-0.05, 0) is 12.1 Å². The third kappa shape index (κ3) is 3.52. The molecule has 12 heteroatoms. The maximum absolute atomic E-state index is 14.3. The predicted octanol–water partition coefficient (Wildman–Crippen LogP) is -0.859. The molecule has 4 N–H and O–H groups in total. The zero-order chi connectivity index (χ0) is 21.4. The van der Waals surface area contributed by atoms with Gasteiger partial charge in [0.15, 0.2) is 23.6 Å². The van der Waals surface area contributed by atoms with Gasteiger partial charge in [0.05, 0.1) is 12.8 Å². The Morgan fingerprint density at radius 3 is 2.57 bits per heavy atom. The number of amides is 1. The van der Waals surface area contributed by atoms with Crippen LogP contribution in [-0.2, 0) is 4.74 Å². The average molecular weight is 417 g/mol. The van der Waals surface area contributed by atoms with Gasteiger partial charge >= 0.3 is 5.69 Å². The van der Waals surface area contributed by atoms with E-state index in [0.717, 1.165) is 10.8 Å². The molecule has 0 spiro atoms. The topological polar surface area (TPSA) is 160 Å². The molecule has 0 unspecified atom stereocenters. The number of hydrogen-bond donors (Lipinski definition) is 4. The first-order valence-electron chi connectivity index (χ1n) is 8.84. The van der Waals surface area contributed by atoms with Crippen LogP contribution in [-0.4, -0.2) is 65.7 Å². The summed E-state index contributed by atoms with van der Waals surface area (Å²) in [6.07, 6.45) is -4.69. The monoisotopic (exact) mass is 417 g/mol. The summed E-state index contributed by atoms with van der Waals surface area (Å²) < 4.78 is 20.6. The molecule has 11 nitrogen and oxygen atoms in total. The Bertz CT molecular complexity index is 1110. The Labute approximate surface area is 167 Å². The van der Waals surface area contributed by atoms with E-state index in [1.807, 2.05) is 0 Å². The van der Waals surface area contributed by atoms with Gasteiger partial charge in [-0.2, -0.15) is 14.4 Å². The van der Waals surface area contributed by atoms with Crippen molar-refractivity contribution < 1.29 is 29.2 Å². The molecule has 156 valence electrons. The summed E-state index contributed by atoms with van der Waals surface area (Å²) in [5, 5.41) is 31.9. The van der Waals surface area contributed by atoms with Gasteiger partial charge in [-0.15, -0.1) is 0 Å². The molecule has 4 atom stereocenters. The Balaban J connectivity index is 1.77. The first-order chi connectivity index (χ1) is 14.4. The second-order valence-electron chi connectivity index (χ2n) is 6.55. The molecule has 3 heterocycles. The molecule has 1 aromatic carbocycles. The van der Waals surface area contributed by atoms with Crippen LogP contribution in [0.3, 0.4) is 0 Å². The van der Waals surface area contributed by atoms with E-state index >= 15 is 0 Å². The van der Waals surface area contributed by atoms with Gasteiger partial charge in [0.2, 0.25) is 5.95 Å². The zero-order valence-electron chi connectivity index (χ0n) is 15.2. The van der Waals surface area contributed by atoms with Crippen LogP contribution in [0.2, 0.25) is 0 Å². The lowest BCUT2D eigenvalue weighted by Crippen LogP contribution is -2.34. The van der Waals surface area contributed by atoms with Crippen molar-refractivity contribution in [1.82, 2.24) is 19.5 Å². The molecular weight excluding hydrogens is 401 g/mol. The highest BCUT2D eigenvalue weighted by Crippen LogP contribution is 2.34. The van der Waals surface area contributed by atoms with Gasteiger partial charge in [0.1, 0.15) is 18.3 Å². The van der Waals surface area contributed by atoms with Crippen LogP contribution in [0.15, 0.2) is 41.3 Å². The maximum Gasteiger partial charge on any atom is 0.371 e. The molecule has 3 aliphatic rings. The van der Waals surface area contributed by atoms with Crippen molar-refractivity contribution >= 4 is 11.7 Å². The molecule has 1 aromatic rings. The fourth-order valence-corrected chi connectivity index (χ4v) is 3.18. The van der Waals surface area contributed by atoms with Crippen LogP contribution in [0.25, 0.3) is 11.5 Å². The minimum absolute atomic E-state index is 0.241. The number of nitrogens with zero attached hydrogens (tertiary/aromatic N) is 4. The minimum atomic E-state index is -1.55. The Hall–Kier alpha value is -3.32. The number of aromatic nitrogens is 4. The lowest BCUT2D eigenvalue weighted by atomic mass is 10.1. The van der Waals surface area contributed by atoms with Gasteiger partial charge in [-0.25, -0.2) is 9.78 Å². The van der Waals surface area contributed by atoms with Crippen molar-refractivity contribution in [2.45, 2.75) is 24.5 Å². The summed E-state index contributed by atoms with van der Waals surface area (Å²) in [5.41, 5.74) is -0.999. The zero-order valence-corrected chi connectivity index (χ0v) is 15.2. The first kappa shape index (κ1) is 20.0. The van der Waals surface area contributed by atoms with Crippen molar-refractivity contribution in [2.75, 3.05) is 11.9 Å². The summed E-state index contributed by atoms with van der Waals surface area (Å²) in [6.45, 7) is -0.596. The predicted molar refractivity (Wildman–Crippen MR) is 98.1 cm³/mol. The van der Waals surface area contributed by atoms with Crippen LogP contribution >= 0.6 is 0 Å². The SMILES string of the molecule is O=C(Nc1nc(=O)nc2n([C@@H]3O[C@H](CO)[C@H](O)[C@H]3O)cc(F)nc1-2)c1ccccc1. The molecule has 1 saturated heterocycles. The van der Waals surface area contributed by atoms with Crippen LogP contribution in [0.4, 0.5) is 10.2 Å². The third-order valence-corrected chi connectivity index (χ3v) is 4.61. The normalized spacial score (nSPS) is 23.6. The van der Waals surface area contributed by atoms with Crippen LogP contribution in [0.1, 0.15) is 16.6 Å². The second kappa shape index (κ2) is 7.84. The minimum Gasteiger partial charge on any atom is -0.394 e. The van der Waals surface area contributed by atoms with Crippen molar-refractivity contribution in [2.24, 2.45) is 0 Å². The first-order valence-corrected chi connectivity index (χ1v) is 8.84. The summed E-state index contributed by atoms with van der Waals surface area (Å²) in [4.78, 5) is 35.4. The van der Waals surface area contributed by atoms with Gasteiger partial charge in [-0.3, -0.25) is 9.36 Å². The highest BCUT2D eigenvalue weighted by Gasteiger charge is 2.44. The van der Waals surface area contributed by atoms with Crippen molar-refractivity contribution in [3.05, 3.63) is 58.5 Å². The van der Waals surface area contributed by atoms with E-state index in [4.69, 9.17) is 4.74 Å². The third-order valence-electron chi connectivity index (χ3n) is 4.61. The molecular formula is C18H16FN5O6. The smallest absolute Gasteiger partial charge is 0.371 e. The van der Waals surface area contributed by atoms with E-state index in [-0.39, 0.29) is 22.9 Å². The number of aliphatic hydroxyl groups is 3. The van der Waals surface area contributed by atoms with E-state index in [2.05, 4.69) is 20.3 Å². The number of benzene rings is 1. The average Bonchev–Trinajstić information content (AvgIpc) is 3.02. The fourth-order valence-electron chi connectivity index (χ4n) is 3.18. The Morgan fingerprint density at radius 2 is 1.90 bits per heavy atom. The van der Waals surface area contributed by atoms with Crippen LogP contribution in [0.5, 0.6) is 0 Å². The molecule has 0 saturated carbocycles. The van der Waals surface area contributed by atoms with Gasteiger partial charge in [-0.1, -0.05) is 18.2 Å². The lowest BCUT2D eigenvalue weighted by Gasteiger charge is -2.22. The van der Waals surface area contributed by atoms with E-state index < -0.39 is 48.7 Å². The quantitative estimate of drug-likeness (QED) is 0.424. The van der Waals surface area contributed by atoms with Crippen molar-refractivity contribution in [3.63, 3.8) is 0 Å². The molecule has 4 rings (SSSR count). The molecule has 0 radical (unpaired) electrons. The summed E-state index contributed by atoms with van der Waals surface area (Å²) in [6, 6.07) is 8.06. The summed E-state index contributed by atoms with van der Waals surface area (Å²) in [7, 11) is 0. The largest absolute Gasteiger partial charge is 0.394 e. The van der Waals surface area contributed by atoms with E-state index in [0.29, 0.717) is 0 Å². The molecule has 3 aliphatic heterocycles. The number of hydrogen-bond acceptors (Lipinski definition) is 9. The van der Waals surface area contributed by atoms with Crippen LogP contribution < -0.4 is 11.0 Å². The number of aliphatic hydroxyl groups excluding tert-OH is 3. The summed E-state index contributed by atoms with van der Waals surface area (Å²) >= 11 is 0. The highest BCUT2D eigenvalue weighted by atomic mass is 19.1. The fraction of sp³-hybridized carbons (Fsp3) is 0.278. The number of ether oxygens (including phenoxy) is 1. The van der Waals surface area contributed by atoms with Crippen molar-refractivity contribution in [1.29, 1.82) is 0 Å². The summed E-state index contributed by atoms with van der Waals surface area (Å²) in [5.74, 6) is -2.23. The van der Waals surface area contributed by atoms with E-state index in [9.17, 15) is 29.3 Å². The lowest BCUT2D eigenvalue weighted by molar-refractivity contribution is -0.0530. The Kier molecular flexibility index (Phi) is 5.22. The van der Waals surface area contributed by atoms with Gasteiger partial charge < -0.3 is 25.4 Å². The number of anilines is 1. The molecule has 1 amide bonds. The number of carbonyl (C=O) groups excluding carboxylic acids is 1. The molecule has 0 aliphatic carbocycles. The highest BCUT2D eigenvalue weighted by molar-refractivity contribution is 6.05. The standard InChI is InChI=1S/C18H16FN5O6/c19-10-6-24(17-13(27)12(26)9(7-25)30-17)15-11(20-10)14(22-18(29)23-15)21-16(28)8-4-2-1-3-5-8/h1-6,9,12-13,17,25-27H,7H2,(H,21,22,28,29)/t9-,12+,13-,17-/m1/s1. The Morgan fingerprint density at radius 1 is 1.17 bits per heavy atom. The molecule has 30 heavy (non-hydrogen) atoms. The van der Waals surface area contributed by atoms with Crippen molar-refractivity contribution in [3.8, 4) is 11.5 Å². The number of rotatable bonds is 4. The maximum atomic E-state index is 14.3. The van der Waals surface area contributed by atoms with E-state index in [1.54, 1.807) is 18.2 Å². The van der Waals surface area contributed by atoms with Crippen LogP contribution in [0, 0.1) is 5.95 Å². The number of carbonyl (C=O) groups is 1. The van der Waals surface area contributed by atoms with E-state index in [1.165, 1.54) is 12.1 Å². The molecule has 0 aromatic heterocycles. The number of halogens is 1. The molecule has 1 fully saturated rings. The second-order valence-corrected chi connectivity index (χ2v) is 6.55. The number of fused-ring (bicyclic) bond motifs is 1. The van der Waals surface area contributed by atoms with Gasteiger partial charge in [0, 0.05) is 5.56 Å². The molecule has 0 bridgehead atoms.